The van der Waals surface area contributed by atoms with Crippen molar-refractivity contribution in [2.75, 3.05) is 0 Å². The first-order chi connectivity index (χ1) is 10.7. The fourth-order valence-corrected chi connectivity index (χ4v) is 2.56. The van der Waals surface area contributed by atoms with E-state index in [1.165, 1.54) is 6.20 Å². The zero-order valence-corrected chi connectivity index (χ0v) is 12.5. The summed E-state index contributed by atoms with van der Waals surface area (Å²) in [6.07, 6.45) is 4.05. The zero-order valence-electron chi connectivity index (χ0n) is 11.8. The van der Waals surface area contributed by atoms with Gasteiger partial charge in [0.05, 0.1) is 11.9 Å². The Morgan fingerprint density at radius 3 is 2.73 bits per heavy atom. The standard InChI is InChI=1S/C16H13ClN4O/c17-12-4-6-14(7-5-12)21-16(11(9-18)10-19-21)20-13-2-1-3-15(22)8-13/h4-7,10H,1-3,8H2. The van der Waals surface area contributed by atoms with Crippen LogP contribution in [0.4, 0.5) is 5.82 Å². The van der Waals surface area contributed by atoms with Gasteiger partial charge in [0.15, 0.2) is 5.82 Å². The lowest BCUT2D eigenvalue weighted by Crippen LogP contribution is -2.14. The summed E-state index contributed by atoms with van der Waals surface area (Å²) in [5.74, 6) is 0.663. The molecule has 2 aromatic rings. The van der Waals surface area contributed by atoms with Gasteiger partial charge in [0.1, 0.15) is 17.4 Å². The minimum atomic E-state index is 0.195. The lowest BCUT2D eigenvalue weighted by molar-refractivity contribution is -0.118. The maximum Gasteiger partial charge on any atom is 0.173 e. The molecule has 1 aliphatic rings. The Hall–Kier alpha value is -2.45. The Morgan fingerprint density at radius 2 is 2.05 bits per heavy atom. The Labute approximate surface area is 132 Å². The van der Waals surface area contributed by atoms with Gasteiger partial charge in [0.25, 0.3) is 0 Å². The number of nitriles is 1. The number of carbonyl (C=O) groups is 1. The molecule has 0 spiro atoms. The molecule has 0 bridgehead atoms. The van der Waals surface area contributed by atoms with E-state index >= 15 is 0 Å². The Balaban J connectivity index is 2.04. The highest BCUT2D eigenvalue weighted by atomic mass is 35.5. The van der Waals surface area contributed by atoms with Gasteiger partial charge < -0.3 is 0 Å². The maximum atomic E-state index is 11.6. The van der Waals surface area contributed by atoms with Gasteiger partial charge >= 0.3 is 0 Å². The van der Waals surface area contributed by atoms with E-state index in [0.29, 0.717) is 29.2 Å². The molecule has 0 N–H and O–H groups in total. The molecule has 0 unspecified atom stereocenters. The van der Waals surface area contributed by atoms with E-state index in [-0.39, 0.29) is 5.78 Å². The first kappa shape index (κ1) is 14.5. The average molecular weight is 313 g/mol. The largest absolute Gasteiger partial charge is 0.299 e. The number of rotatable bonds is 2. The van der Waals surface area contributed by atoms with E-state index in [9.17, 15) is 10.1 Å². The van der Waals surface area contributed by atoms with E-state index in [4.69, 9.17) is 11.6 Å². The smallest absolute Gasteiger partial charge is 0.173 e. The molecule has 5 nitrogen and oxygen atoms in total. The van der Waals surface area contributed by atoms with Crippen LogP contribution in [-0.2, 0) is 4.79 Å². The van der Waals surface area contributed by atoms with Gasteiger partial charge in [-0.1, -0.05) is 11.6 Å². The van der Waals surface area contributed by atoms with Crippen LogP contribution in [0.25, 0.3) is 5.69 Å². The van der Waals surface area contributed by atoms with Crippen LogP contribution >= 0.6 is 11.6 Å². The van der Waals surface area contributed by atoms with E-state index < -0.39 is 0 Å². The molecule has 0 radical (unpaired) electrons. The van der Waals surface area contributed by atoms with Crippen LogP contribution in [0.2, 0.25) is 5.02 Å². The van der Waals surface area contributed by atoms with Gasteiger partial charge in [-0.25, -0.2) is 9.67 Å². The lowest BCUT2D eigenvalue weighted by atomic mass is 9.97. The molecule has 0 atom stereocenters. The summed E-state index contributed by atoms with van der Waals surface area (Å²) in [5, 5.41) is 14.1. The van der Waals surface area contributed by atoms with E-state index in [2.05, 4.69) is 16.2 Å². The molecule has 1 aliphatic carbocycles. The molecule has 1 aromatic carbocycles. The van der Waals surface area contributed by atoms with Crippen LogP contribution < -0.4 is 0 Å². The summed E-state index contributed by atoms with van der Waals surface area (Å²) in [6, 6.07) is 9.23. The van der Waals surface area contributed by atoms with Crippen molar-refractivity contribution in [2.45, 2.75) is 25.7 Å². The molecule has 110 valence electrons. The van der Waals surface area contributed by atoms with Gasteiger partial charge in [-0.15, -0.1) is 0 Å². The van der Waals surface area contributed by atoms with Crippen molar-refractivity contribution in [1.29, 1.82) is 5.26 Å². The summed E-state index contributed by atoms with van der Waals surface area (Å²) in [7, 11) is 0. The Morgan fingerprint density at radius 1 is 1.27 bits per heavy atom. The molecule has 0 amide bonds. The number of ketones is 1. The second-order valence-electron chi connectivity index (χ2n) is 5.13. The number of aliphatic imine (C=N–C) groups is 1. The summed E-state index contributed by atoms with van der Waals surface area (Å²) in [6.45, 7) is 0. The third-order valence-electron chi connectivity index (χ3n) is 3.52. The topological polar surface area (TPSA) is 71.0 Å². The molecular formula is C16H13ClN4O. The van der Waals surface area contributed by atoms with Crippen molar-refractivity contribution in [2.24, 2.45) is 4.99 Å². The fourth-order valence-electron chi connectivity index (χ4n) is 2.44. The normalized spacial score (nSPS) is 16.7. The fraction of sp³-hybridized carbons (Fsp3) is 0.250. The first-order valence-corrected chi connectivity index (χ1v) is 7.37. The summed E-state index contributed by atoms with van der Waals surface area (Å²) in [4.78, 5) is 16.1. The molecule has 1 aromatic heterocycles. The predicted octanol–water partition coefficient (Wildman–Crippen LogP) is 3.61. The van der Waals surface area contributed by atoms with Crippen LogP contribution in [0, 0.1) is 11.3 Å². The zero-order chi connectivity index (χ0) is 15.5. The van der Waals surface area contributed by atoms with Crippen molar-refractivity contribution in [3.8, 4) is 11.8 Å². The van der Waals surface area contributed by atoms with Gasteiger partial charge in [0, 0.05) is 23.6 Å². The Bertz CT molecular complexity index is 783. The molecule has 6 heteroatoms. The number of Topliss-reactive ketones (excluding diaryl/α,β-unsaturated/α-hetero) is 1. The highest BCUT2D eigenvalue weighted by Crippen LogP contribution is 2.26. The first-order valence-electron chi connectivity index (χ1n) is 6.99. The number of nitrogens with zero attached hydrogens (tertiary/aromatic N) is 4. The van der Waals surface area contributed by atoms with Gasteiger partial charge in [-0.2, -0.15) is 10.4 Å². The van der Waals surface area contributed by atoms with Gasteiger partial charge in [-0.05, 0) is 37.1 Å². The highest BCUT2D eigenvalue weighted by Gasteiger charge is 2.17. The lowest BCUT2D eigenvalue weighted by Gasteiger charge is -2.12. The van der Waals surface area contributed by atoms with E-state index in [1.54, 1.807) is 16.8 Å². The molecule has 22 heavy (non-hydrogen) atoms. The molecular weight excluding hydrogens is 300 g/mol. The number of benzene rings is 1. The second kappa shape index (κ2) is 6.12. The minimum Gasteiger partial charge on any atom is -0.299 e. The van der Waals surface area contributed by atoms with E-state index in [1.807, 2.05) is 12.1 Å². The number of hydrogen-bond donors (Lipinski definition) is 0. The second-order valence-corrected chi connectivity index (χ2v) is 5.57. The summed E-state index contributed by atoms with van der Waals surface area (Å²) in [5.41, 5.74) is 1.97. The van der Waals surface area contributed by atoms with E-state index in [0.717, 1.165) is 24.2 Å². The molecule has 1 saturated carbocycles. The number of hydrogen-bond acceptors (Lipinski definition) is 4. The SMILES string of the molecule is N#Cc1cnn(-c2ccc(Cl)cc2)c1N=C1CCCC(=O)C1. The highest BCUT2D eigenvalue weighted by molar-refractivity contribution is 6.30. The third-order valence-corrected chi connectivity index (χ3v) is 3.77. The Kier molecular flexibility index (Phi) is 4.03. The number of aromatic nitrogens is 2. The van der Waals surface area contributed by atoms with Crippen LogP contribution in [0.3, 0.4) is 0 Å². The monoisotopic (exact) mass is 312 g/mol. The van der Waals surface area contributed by atoms with Crippen molar-refractivity contribution in [3.05, 3.63) is 41.0 Å². The van der Waals surface area contributed by atoms with Crippen LogP contribution in [-0.4, -0.2) is 21.3 Å². The minimum absolute atomic E-state index is 0.195. The molecule has 0 aliphatic heterocycles. The van der Waals surface area contributed by atoms with Crippen LogP contribution in [0.1, 0.15) is 31.2 Å². The molecule has 3 rings (SSSR count). The average Bonchev–Trinajstić information content (AvgIpc) is 2.91. The van der Waals surface area contributed by atoms with Crippen LogP contribution in [0.15, 0.2) is 35.5 Å². The van der Waals surface area contributed by atoms with Gasteiger partial charge in [-0.3, -0.25) is 4.79 Å². The van der Waals surface area contributed by atoms with Crippen molar-refractivity contribution in [3.63, 3.8) is 0 Å². The van der Waals surface area contributed by atoms with Crippen molar-refractivity contribution >= 4 is 28.9 Å². The van der Waals surface area contributed by atoms with Crippen molar-refractivity contribution < 1.29 is 4.79 Å². The number of halogens is 1. The number of carbonyl (C=O) groups excluding carboxylic acids is 1. The van der Waals surface area contributed by atoms with Gasteiger partial charge in [0.2, 0.25) is 0 Å². The molecule has 1 fully saturated rings. The summed E-state index contributed by atoms with van der Waals surface area (Å²) >= 11 is 5.90. The summed E-state index contributed by atoms with van der Waals surface area (Å²) < 4.78 is 1.60. The van der Waals surface area contributed by atoms with Crippen molar-refractivity contribution in [1.82, 2.24) is 9.78 Å². The molecule has 0 saturated heterocycles. The predicted molar refractivity (Wildman–Crippen MR) is 83.9 cm³/mol. The quantitative estimate of drug-likeness (QED) is 0.850. The third kappa shape index (κ3) is 2.92. The maximum absolute atomic E-state index is 11.6. The van der Waals surface area contributed by atoms with Crippen LogP contribution in [0.5, 0.6) is 0 Å². The molecule has 1 heterocycles.